The van der Waals surface area contributed by atoms with Crippen LogP contribution in [0.25, 0.3) is 0 Å². The summed E-state index contributed by atoms with van der Waals surface area (Å²) in [6.45, 7) is 6.65. The zero-order valence-electron chi connectivity index (χ0n) is 10.5. The van der Waals surface area contributed by atoms with Crippen molar-refractivity contribution in [2.75, 3.05) is 11.9 Å². The zero-order valence-corrected chi connectivity index (χ0v) is 10.5. The van der Waals surface area contributed by atoms with E-state index in [1.165, 1.54) is 0 Å². The topological polar surface area (TPSA) is 93.2 Å². The van der Waals surface area contributed by atoms with Gasteiger partial charge in [0, 0.05) is 12.2 Å². The summed E-state index contributed by atoms with van der Waals surface area (Å²) in [5.41, 5.74) is 11.8. The summed E-state index contributed by atoms with van der Waals surface area (Å²) in [6, 6.07) is 3.50. The van der Waals surface area contributed by atoms with Gasteiger partial charge in [0.2, 0.25) is 0 Å². The van der Waals surface area contributed by atoms with Crippen molar-refractivity contribution >= 4 is 11.7 Å². The monoisotopic (exact) mass is 236 g/mol. The molecular formula is C12H20N4O. The number of carbonyl (C=O) groups is 1. The van der Waals surface area contributed by atoms with Gasteiger partial charge in [0.05, 0.1) is 0 Å². The SMILES string of the molecule is Cc1cc(C)c(NC(N)=O)c(C(C)CNN)c1. The molecule has 1 rings (SSSR count). The van der Waals surface area contributed by atoms with Crippen LogP contribution in [0.3, 0.4) is 0 Å². The first-order valence-electron chi connectivity index (χ1n) is 5.56. The van der Waals surface area contributed by atoms with Crippen molar-refractivity contribution in [2.45, 2.75) is 26.7 Å². The van der Waals surface area contributed by atoms with E-state index in [1.54, 1.807) is 0 Å². The molecule has 1 unspecified atom stereocenters. The van der Waals surface area contributed by atoms with E-state index in [1.807, 2.05) is 32.9 Å². The average Bonchev–Trinajstić information content (AvgIpc) is 2.21. The minimum absolute atomic E-state index is 0.195. The van der Waals surface area contributed by atoms with Crippen molar-refractivity contribution in [2.24, 2.45) is 11.6 Å². The highest BCUT2D eigenvalue weighted by molar-refractivity contribution is 5.90. The van der Waals surface area contributed by atoms with Gasteiger partial charge in [-0.3, -0.25) is 11.3 Å². The first-order valence-corrected chi connectivity index (χ1v) is 5.56. The number of rotatable bonds is 4. The van der Waals surface area contributed by atoms with Crippen LogP contribution in [0, 0.1) is 13.8 Å². The largest absolute Gasteiger partial charge is 0.351 e. The quantitative estimate of drug-likeness (QED) is 0.469. The number of benzene rings is 1. The summed E-state index contributed by atoms with van der Waals surface area (Å²) < 4.78 is 0. The first-order chi connectivity index (χ1) is 7.95. The van der Waals surface area contributed by atoms with E-state index >= 15 is 0 Å². The van der Waals surface area contributed by atoms with Gasteiger partial charge in [0.15, 0.2) is 0 Å². The lowest BCUT2D eigenvalue weighted by atomic mass is 9.94. The van der Waals surface area contributed by atoms with Crippen LogP contribution in [0.4, 0.5) is 10.5 Å². The highest BCUT2D eigenvalue weighted by atomic mass is 16.2. The molecule has 1 atom stereocenters. The lowest BCUT2D eigenvalue weighted by molar-refractivity contribution is 0.259. The zero-order chi connectivity index (χ0) is 13.0. The van der Waals surface area contributed by atoms with E-state index < -0.39 is 6.03 Å². The number of urea groups is 1. The molecule has 94 valence electrons. The smallest absolute Gasteiger partial charge is 0.316 e. The molecule has 0 heterocycles. The average molecular weight is 236 g/mol. The van der Waals surface area contributed by atoms with Crippen molar-refractivity contribution < 1.29 is 4.79 Å². The highest BCUT2D eigenvalue weighted by Crippen LogP contribution is 2.28. The Morgan fingerprint density at radius 3 is 2.59 bits per heavy atom. The molecule has 0 bridgehead atoms. The molecule has 17 heavy (non-hydrogen) atoms. The van der Waals surface area contributed by atoms with Crippen molar-refractivity contribution in [1.29, 1.82) is 0 Å². The number of carbonyl (C=O) groups excluding carboxylic acids is 1. The molecule has 2 amide bonds. The fourth-order valence-corrected chi connectivity index (χ4v) is 1.97. The number of amides is 2. The summed E-state index contributed by atoms with van der Waals surface area (Å²) in [5, 5.41) is 2.68. The molecule has 1 aromatic rings. The molecule has 0 aliphatic carbocycles. The fraction of sp³-hybridized carbons (Fsp3) is 0.417. The van der Waals surface area contributed by atoms with Gasteiger partial charge in [-0.25, -0.2) is 4.79 Å². The summed E-state index contributed by atoms with van der Waals surface area (Å²) in [4.78, 5) is 11.0. The molecule has 1 aromatic carbocycles. The molecule has 5 nitrogen and oxygen atoms in total. The number of nitrogens with one attached hydrogen (secondary N) is 2. The maximum absolute atomic E-state index is 11.0. The molecule has 5 heteroatoms. The number of aryl methyl sites for hydroxylation is 2. The number of hydrogen-bond donors (Lipinski definition) is 4. The molecule has 0 aromatic heterocycles. The van der Waals surface area contributed by atoms with Crippen LogP contribution in [0.5, 0.6) is 0 Å². The number of primary amides is 1. The normalized spacial score (nSPS) is 12.2. The van der Waals surface area contributed by atoms with Crippen molar-refractivity contribution in [3.8, 4) is 0 Å². The van der Waals surface area contributed by atoms with E-state index in [4.69, 9.17) is 11.6 Å². The van der Waals surface area contributed by atoms with Gasteiger partial charge in [-0.1, -0.05) is 24.6 Å². The third kappa shape index (κ3) is 3.44. The Balaban J connectivity index is 3.19. The maximum atomic E-state index is 11.0. The van der Waals surface area contributed by atoms with E-state index in [-0.39, 0.29) is 5.92 Å². The molecule has 6 N–H and O–H groups in total. The number of hydrogen-bond acceptors (Lipinski definition) is 3. The Kier molecular flexibility index (Phi) is 4.48. The fourth-order valence-electron chi connectivity index (χ4n) is 1.97. The van der Waals surface area contributed by atoms with E-state index in [0.717, 1.165) is 22.4 Å². The van der Waals surface area contributed by atoms with Crippen molar-refractivity contribution in [3.63, 3.8) is 0 Å². The van der Waals surface area contributed by atoms with Crippen LogP contribution >= 0.6 is 0 Å². The Labute approximate surface area is 102 Å². The molecular weight excluding hydrogens is 216 g/mol. The number of anilines is 1. The van der Waals surface area contributed by atoms with Gasteiger partial charge in [-0.15, -0.1) is 0 Å². The van der Waals surface area contributed by atoms with Gasteiger partial charge in [-0.05, 0) is 30.9 Å². The molecule has 0 aliphatic heterocycles. The molecule has 0 radical (unpaired) electrons. The van der Waals surface area contributed by atoms with Gasteiger partial charge < -0.3 is 11.1 Å². The second kappa shape index (κ2) is 5.65. The predicted molar refractivity (Wildman–Crippen MR) is 69.7 cm³/mol. The lowest BCUT2D eigenvalue weighted by Gasteiger charge is -2.19. The van der Waals surface area contributed by atoms with Gasteiger partial charge in [-0.2, -0.15) is 0 Å². The van der Waals surface area contributed by atoms with Crippen LogP contribution in [0.2, 0.25) is 0 Å². The summed E-state index contributed by atoms with van der Waals surface area (Å²) in [6.07, 6.45) is 0. The Bertz CT molecular complexity index is 417. The van der Waals surface area contributed by atoms with E-state index in [0.29, 0.717) is 6.54 Å². The van der Waals surface area contributed by atoms with Crippen LogP contribution in [0.1, 0.15) is 29.5 Å². The molecule has 0 saturated carbocycles. The molecule has 0 saturated heterocycles. The van der Waals surface area contributed by atoms with Crippen LogP contribution in [-0.4, -0.2) is 12.6 Å². The molecule has 0 spiro atoms. The van der Waals surface area contributed by atoms with Crippen LogP contribution in [-0.2, 0) is 0 Å². The summed E-state index contributed by atoms with van der Waals surface area (Å²) in [5.74, 6) is 5.53. The number of hydrazine groups is 1. The minimum atomic E-state index is -0.550. The van der Waals surface area contributed by atoms with Gasteiger partial charge >= 0.3 is 6.03 Å². The Hall–Kier alpha value is -1.59. The van der Waals surface area contributed by atoms with Gasteiger partial charge in [0.25, 0.3) is 0 Å². The molecule has 0 fully saturated rings. The predicted octanol–water partition coefficient (Wildman–Crippen LogP) is 1.36. The van der Waals surface area contributed by atoms with Crippen LogP contribution in [0.15, 0.2) is 12.1 Å². The maximum Gasteiger partial charge on any atom is 0.316 e. The third-order valence-electron chi connectivity index (χ3n) is 2.71. The van der Waals surface area contributed by atoms with Crippen LogP contribution < -0.4 is 22.3 Å². The summed E-state index contributed by atoms with van der Waals surface area (Å²) >= 11 is 0. The van der Waals surface area contributed by atoms with Gasteiger partial charge in [0.1, 0.15) is 0 Å². The minimum Gasteiger partial charge on any atom is -0.351 e. The Morgan fingerprint density at radius 1 is 1.41 bits per heavy atom. The van der Waals surface area contributed by atoms with E-state index in [2.05, 4.69) is 10.7 Å². The Morgan fingerprint density at radius 2 is 2.06 bits per heavy atom. The van der Waals surface area contributed by atoms with E-state index in [9.17, 15) is 4.79 Å². The first kappa shape index (κ1) is 13.5. The summed E-state index contributed by atoms with van der Waals surface area (Å²) in [7, 11) is 0. The van der Waals surface area contributed by atoms with Crippen molar-refractivity contribution in [3.05, 3.63) is 28.8 Å². The third-order valence-corrected chi connectivity index (χ3v) is 2.71. The standard InChI is InChI=1S/C12H20N4O/c1-7-4-8(2)11(16-12(13)17)10(5-7)9(3)6-15-14/h4-5,9,15H,6,14H2,1-3H3,(H3,13,16,17). The van der Waals surface area contributed by atoms with Crippen molar-refractivity contribution in [1.82, 2.24) is 5.43 Å². The second-order valence-corrected chi connectivity index (χ2v) is 4.34. The highest BCUT2D eigenvalue weighted by Gasteiger charge is 2.14. The second-order valence-electron chi connectivity index (χ2n) is 4.34. The number of nitrogens with two attached hydrogens (primary N) is 2. The lowest BCUT2D eigenvalue weighted by Crippen LogP contribution is -2.28. The molecule has 0 aliphatic rings.